The summed E-state index contributed by atoms with van der Waals surface area (Å²) in [5.41, 5.74) is 0. The van der Waals surface area contributed by atoms with Crippen LogP contribution in [-0.4, -0.2) is 56.3 Å². The van der Waals surface area contributed by atoms with Crippen molar-refractivity contribution in [1.29, 1.82) is 0 Å². The van der Waals surface area contributed by atoms with Crippen molar-refractivity contribution in [1.82, 2.24) is 10.6 Å². The van der Waals surface area contributed by atoms with Crippen molar-refractivity contribution in [3.63, 3.8) is 0 Å². The number of nitrogens with one attached hydrogen (secondary N) is 2. The average molecular weight is 216 g/mol. The molecule has 0 aromatic rings. The van der Waals surface area contributed by atoms with Gasteiger partial charge in [0.25, 0.3) is 0 Å². The predicted octanol–water partition coefficient (Wildman–Crippen LogP) is -1.12. The Hall–Kier alpha value is 0.190. The Morgan fingerprint density at radius 2 is 1.38 bits per heavy atom. The van der Waals surface area contributed by atoms with Gasteiger partial charge in [0.1, 0.15) is 0 Å². The Morgan fingerprint density at radius 3 is 1.46 bits per heavy atom. The van der Waals surface area contributed by atoms with Gasteiger partial charge >= 0.3 is 8.60 Å². The van der Waals surface area contributed by atoms with Crippen LogP contribution in [0.3, 0.4) is 0 Å². The highest BCUT2D eigenvalue weighted by Gasteiger charge is 1.94. The van der Waals surface area contributed by atoms with Gasteiger partial charge in [0.05, 0.1) is 13.2 Å². The highest BCUT2D eigenvalue weighted by atomic mass is 31.2. The highest BCUT2D eigenvalue weighted by molar-refractivity contribution is 7.39. The molecule has 84 valence electrons. The summed E-state index contributed by atoms with van der Waals surface area (Å²) in [6.45, 7) is -0.196. The topological polar surface area (TPSA) is 94.0 Å². The van der Waals surface area contributed by atoms with E-state index in [0.717, 1.165) is 0 Å². The van der Waals surface area contributed by atoms with Gasteiger partial charge in [-0.15, -0.1) is 0 Å². The summed E-state index contributed by atoms with van der Waals surface area (Å²) in [7, 11) is 5.23. The van der Waals surface area contributed by atoms with E-state index in [1.165, 1.54) is 0 Å². The van der Waals surface area contributed by atoms with Gasteiger partial charge in [-0.25, -0.2) is 0 Å². The van der Waals surface area contributed by atoms with Gasteiger partial charge in [-0.3, -0.25) is 0 Å². The molecule has 0 bridgehead atoms. The van der Waals surface area contributed by atoms with E-state index in [0.29, 0.717) is 0 Å². The lowest BCUT2D eigenvalue weighted by atomic mass is 10.8. The third-order valence-electron chi connectivity index (χ3n) is 0.298. The van der Waals surface area contributed by atoms with Crippen LogP contribution >= 0.6 is 8.60 Å². The van der Waals surface area contributed by atoms with Gasteiger partial charge in [-0.05, 0) is 28.2 Å². The molecule has 0 aliphatic heterocycles. The minimum Gasteiger partial charge on any atom is -0.394 e. The van der Waals surface area contributed by atoms with Crippen LogP contribution in [0.2, 0.25) is 0 Å². The van der Waals surface area contributed by atoms with Crippen LogP contribution in [0.15, 0.2) is 0 Å². The van der Waals surface area contributed by atoms with Gasteiger partial charge in [0.2, 0.25) is 0 Å². The number of hydrogen-bond acceptors (Lipinski definition) is 6. The van der Waals surface area contributed by atoms with E-state index in [4.69, 9.17) is 14.9 Å². The monoisotopic (exact) mass is 216 g/mol. The zero-order valence-electron chi connectivity index (χ0n) is 8.61. The van der Waals surface area contributed by atoms with Crippen molar-refractivity contribution in [3.05, 3.63) is 0 Å². The Labute approximate surface area is 80.9 Å². The lowest BCUT2D eigenvalue weighted by Crippen LogP contribution is -1.92. The first-order valence-corrected chi connectivity index (χ1v) is 4.85. The maximum atomic E-state index is 7.98. The molecule has 0 aliphatic rings. The second-order valence-electron chi connectivity index (χ2n) is 1.81. The van der Waals surface area contributed by atoms with Crippen molar-refractivity contribution < 1.29 is 19.4 Å². The zero-order valence-corrected chi connectivity index (χ0v) is 9.51. The predicted molar refractivity (Wildman–Crippen MR) is 54.4 cm³/mol. The van der Waals surface area contributed by atoms with Gasteiger partial charge in [-0.2, -0.15) is 0 Å². The van der Waals surface area contributed by atoms with E-state index in [2.05, 4.69) is 15.2 Å². The Bertz CT molecular complexity index is 66.6. The molecular weight excluding hydrogens is 195 g/mol. The molecule has 0 fully saturated rings. The summed E-state index contributed by atoms with van der Waals surface area (Å²) in [6, 6.07) is 0. The van der Waals surface area contributed by atoms with Crippen LogP contribution in [0, 0.1) is 0 Å². The molecule has 0 unspecified atom stereocenters. The molecule has 7 heteroatoms. The van der Waals surface area contributed by atoms with Crippen LogP contribution in [-0.2, 0) is 4.52 Å². The molecule has 6 nitrogen and oxygen atoms in total. The van der Waals surface area contributed by atoms with Gasteiger partial charge < -0.3 is 30.1 Å². The van der Waals surface area contributed by atoms with E-state index in [9.17, 15) is 0 Å². The van der Waals surface area contributed by atoms with E-state index in [1.54, 1.807) is 0 Å². The van der Waals surface area contributed by atoms with Crippen molar-refractivity contribution in [3.8, 4) is 0 Å². The van der Waals surface area contributed by atoms with Gasteiger partial charge in [-0.1, -0.05) is 0 Å². The van der Waals surface area contributed by atoms with Gasteiger partial charge in [0.15, 0.2) is 0 Å². The van der Waals surface area contributed by atoms with Crippen molar-refractivity contribution in [2.24, 2.45) is 0 Å². The fourth-order valence-electron chi connectivity index (χ4n) is 0.122. The van der Waals surface area contributed by atoms with E-state index < -0.39 is 8.60 Å². The standard InChI is InChI=1S/2C2H7N.C2H7O4P/c2*1-3-2;3-1-2-6-7(4)5/h2*3H,1-2H3;3-5H,1-2H2. The van der Waals surface area contributed by atoms with Gasteiger partial charge in [0, 0.05) is 0 Å². The molecule has 0 heterocycles. The number of hydrogen-bond donors (Lipinski definition) is 5. The van der Waals surface area contributed by atoms with Crippen LogP contribution in [0.4, 0.5) is 0 Å². The first-order chi connectivity index (χ1) is 6.10. The van der Waals surface area contributed by atoms with Crippen molar-refractivity contribution in [2.75, 3.05) is 41.4 Å². The number of rotatable bonds is 3. The lowest BCUT2D eigenvalue weighted by molar-refractivity contribution is 0.181. The van der Waals surface area contributed by atoms with Crippen LogP contribution < -0.4 is 10.6 Å². The summed E-state index contributed by atoms with van der Waals surface area (Å²) >= 11 is 0. The molecular formula is C6H21N2O4P. The molecule has 0 rings (SSSR count). The zero-order chi connectivity index (χ0) is 11.1. The molecule has 0 aliphatic carbocycles. The molecule has 0 aromatic carbocycles. The fourth-order valence-corrected chi connectivity index (χ4v) is 0.367. The molecule has 0 atom stereocenters. The molecule has 0 radical (unpaired) electrons. The minimum atomic E-state index is -2.27. The normalized spacial score (nSPS) is 8.31. The molecule has 0 spiro atoms. The summed E-state index contributed by atoms with van der Waals surface area (Å²) in [6.07, 6.45) is 0. The minimum absolute atomic E-state index is 0.0152. The lowest BCUT2D eigenvalue weighted by Gasteiger charge is -1.97. The van der Waals surface area contributed by atoms with Crippen molar-refractivity contribution >= 4 is 8.60 Å². The average Bonchev–Trinajstić information content (AvgIpc) is 2.04. The summed E-state index contributed by atoms with van der Waals surface area (Å²) in [5, 5.41) is 13.5. The van der Waals surface area contributed by atoms with E-state index in [1.807, 2.05) is 28.2 Å². The van der Waals surface area contributed by atoms with Crippen LogP contribution in [0.1, 0.15) is 0 Å². The molecule has 5 N–H and O–H groups in total. The SMILES string of the molecule is CNC.CNC.OCCOP(O)O. The number of aliphatic hydroxyl groups excluding tert-OH is 1. The maximum absolute atomic E-state index is 7.98. The third kappa shape index (κ3) is 72.1. The Balaban J connectivity index is -0.000000140. The second-order valence-corrected chi connectivity index (χ2v) is 2.57. The smallest absolute Gasteiger partial charge is 0.327 e. The van der Waals surface area contributed by atoms with Crippen LogP contribution in [0.25, 0.3) is 0 Å². The fraction of sp³-hybridized carbons (Fsp3) is 1.00. The molecule has 13 heavy (non-hydrogen) atoms. The Morgan fingerprint density at radius 1 is 1.08 bits per heavy atom. The maximum Gasteiger partial charge on any atom is 0.327 e. The molecule has 0 amide bonds. The second kappa shape index (κ2) is 22.8. The first kappa shape index (κ1) is 18.9. The third-order valence-corrected chi connectivity index (χ3v) is 0.712. The molecule has 0 aromatic heterocycles. The largest absolute Gasteiger partial charge is 0.394 e. The van der Waals surface area contributed by atoms with E-state index in [-0.39, 0.29) is 13.2 Å². The summed E-state index contributed by atoms with van der Waals surface area (Å²) in [5.74, 6) is 0. The molecule has 0 saturated carbocycles. The summed E-state index contributed by atoms with van der Waals surface area (Å²) < 4.78 is 4.12. The van der Waals surface area contributed by atoms with E-state index >= 15 is 0 Å². The highest BCUT2D eigenvalue weighted by Crippen LogP contribution is 2.22. The molecule has 0 saturated heterocycles. The Kier molecular flexibility index (Phi) is 33.0. The van der Waals surface area contributed by atoms with Crippen molar-refractivity contribution in [2.45, 2.75) is 0 Å². The quantitative estimate of drug-likeness (QED) is 0.384. The number of aliphatic hydroxyl groups is 1. The van der Waals surface area contributed by atoms with Crippen LogP contribution in [0.5, 0.6) is 0 Å². The first-order valence-electron chi connectivity index (χ1n) is 3.69. The summed E-state index contributed by atoms with van der Waals surface area (Å²) in [4.78, 5) is 15.9.